The number of hydrogen-bond acceptors (Lipinski definition) is 7. The monoisotopic (exact) mass is 283 g/mol. The average molecular weight is 283 g/mol. The molecule has 1 aromatic heterocycles. The Balaban J connectivity index is 3.23. The van der Waals surface area contributed by atoms with Gasteiger partial charge in [-0.2, -0.15) is 0 Å². The van der Waals surface area contributed by atoms with E-state index in [0.29, 0.717) is 6.61 Å². The van der Waals surface area contributed by atoms with Crippen LogP contribution in [0.25, 0.3) is 0 Å². The molecule has 0 fully saturated rings. The topological polar surface area (TPSA) is 127 Å². The number of nitrogens with zero attached hydrogens (tertiary/aromatic N) is 4. The maximum Gasteiger partial charge on any atom is 0.312 e. The van der Waals surface area contributed by atoms with Crippen molar-refractivity contribution in [2.45, 2.75) is 13.0 Å². The van der Waals surface area contributed by atoms with E-state index in [1.165, 1.54) is 12.3 Å². The molecular formula is C11H17N5O4. The molecule has 110 valence electrons. The fraction of sp³-hybridized carbons (Fsp3) is 0.455. The predicted octanol–water partition coefficient (Wildman–Crippen LogP) is 0.555. The van der Waals surface area contributed by atoms with Crippen LogP contribution in [0.15, 0.2) is 17.4 Å². The molecule has 0 amide bonds. The van der Waals surface area contributed by atoms with Crippen LogP contribution < -0.4 is 10.6 Å². The second kappa shape index (κ2) is 6.66. The van der Waals surface area contributed by atoms with Crippen LogP contribution in [-0.4, -0.2) is 47.8 Å². The van der Waals surface area contributed by atoms with E-state index in [-0.39, 0.29) is 28.9 Å². The van der Waals surface area contributed by atoms with Gasteiger partial charge in [-0.05, 0) is 6.92 Å². The lowest BCUT2D eigenvalue weighted by molar-refractivity contribution is -0.384. The van der Waals surface area contributed by atoms with Crippen molar-refractivity contribution < 1.29 is 14.9 Å². The first kappa shape index (κ1) is 15.6. The van der Waals surface area contributed by atoms with E-state index >= 15 is 0 Å². The predicted molar refractivity (Wildman–Crippen MR) is 73.1 cm³/mol. The van der Waals surface area contributed by atoms with Crippen molar-refractivity contribution in [2.24, 2.45) is 10.9 Å². The van der Waals surface area contributed by atoms with Crippen molar-refractivity contribution >= 4 is 17.3 Å². The molecule has 1 aromatic rings. The minimum absolute atomic E-state index is 0.0964. The summed E-state index contributed by atoms with van der Waals surface area (Å²) in [6, 6.07) is 1.12. The molecule has 0 bridgehead atoms. The summed E-state index contributed by atoms with van der Waals surface area (Å²) in [6.07, 6.45) is 1.31. The molecular weight excluding hydrogens is 266 g/mol. The Morgan fingerprint density at radius 2 is 2.40 bits per heavy atom. The molecule has 9 nitrogen and oxygen atoms in total. The number of oxime groups is 1. The Morgan fingerprint density at radius 1 is 1.75 bits per heavy atom. The van der Waals surface area contributed by atoms with Gasteiger partial charge in [0, 0.05) is 32.0 Å². The molecule has 20 heavy (non-hydrogen) atoms. The Kier molecular flexibility index (Phi) is 5.21. The zero-order valence-electron chi connectivity index (χ0n) is 11.5. The van der Waals surface area contributed by atoms with Crippen molar-refractivity contribution in [2.75, 3.05) is 25.7 Å². The van der Waals surface area contributed by atoms with Gasteiger partial charge < -0.3 is 20.6 Å². The molecule has 3 N–H and O–H groups in total. The second-order valence-electron chi connectivity index (χ2n) is 4.22. The largest absolute Gasteiger partial charge is 0.409 e. The molecule has 1 atom stereocenters. The molecule has 9 heteroatoms. The third kappa shape index (κ3) is 3.32. The summed E-state index contributed by atoms with van der Waals surface area (Å²) in [5.41, 5.74) is 5.35. The smallest absolute Gasteiger partial charge is 0.312 e. The molecule has 0 aromatic carbocycles. The Morgan fingerprint density at radius 3 is 2.90 bits per heavy atom. The number of nitro groups is 1. The number of hydrogen-bond donors (Lipinski definition) is 2. The Bertz CT molecular complexity index is 520. The number of pyridine rings is 1. The second-order valence-corrected chi connectivity index (χ2v) is 4.22. The molecule has 0 aliphatic rings. The van der Waals surface area contributed by atoms with Gasteiger partial charge in [0.2, 0.25) is 5.82 Å². The Hall–Kier alpha value is -2.42. The van der Waals surface area contributed by atoms with Gasteiger partial charge in [0.05, 0.1) is 17.6 Å². The van der Waals surface area contributed by atoms with E-state index in [1.807, 2.05) is 6.92 Å². The van der Waals surface area contributed by atoms with Gasteiger partial charge in [-0.15, -0.1) is 0 Å². The SMILES string of the molecule is COCC(C)N(C)c1ncc(C(N)=NO)cc1[N+](=O)[O-]. The van der Waals surface area contributed by atoms with Crippen LogP contribution in [0.4, 0.5) is 11.5 Å². The molecule has 0 saturated carbocycles. The lowest BCUT2D eigenvalue weighted by atomic mass is 10.2. The normalized spacial score (nSPS) is 13.1. The average Bonchev–Trinajstić information content (AvgIpc) is 2.45. The molecule has 1 unspecified atom stereocenters. The van der Waals surface area contributed by atoms with Gasteiger partial charge in [0.1, 0.15) is 0 Å². The molecule has 0 spiro atoms. The summed E-state index contributed by atoms with van der Waals surface area (Å²) in [4.78, 5) is 16.2. The van der Waals surface area contributed by atoms with E-state index in [2.05, 4.69) is 10.1 Å². The quantitative estimate of drug-likeness (QED) is 0.256. The standard InChI is InChI=1S/C11H17N5O4/c1-7(6-20-3)15(2)11-9(16(18)19)4-8(5-13-11)10(12)14-17/h4-5,7,17H,6H2,1-3H3,(H2,12,14). The summed E-state index contributed by atoms with van der Waals surface area (Å²) in [6.45, 7) is 2.25. The van der Waals surface area contributed by atoms with Crippen LogP contribution in [0.3, 0.4) is 0 Å². The zero-order valence-corrected chi connectivity index (χ0v) is 11.5. The van der Waals surface area contributed by atoms with Crippen LogP contribution in [0.5, 0.6) is 0 Å². The third-order valence-electron chi connectivity index (χ3n) is 2.85. The van der Waals surface area contributed by atoms with Crippen molar-refractivity contribution in [1.82, 2.24) is 4.98 Å². The van der Waals surface area contributed by atoms with Gasteiger partial charge >= 0.3 is 5.69 Å². The molecule has 0 saturated heterocycles. The van der Waals surface area contributed by atoms with Gasteiger partial charge in [0.15, 0.2) is 5.84 Å². The van der Waals surface area contributed by atoms with Crippen molar-refractivity contribution in [3.8, 4) is 0 Å². The van der Waals surface area contributed by atoms with Crippen LogP contribution in [0, 0.1) is 10.1 Å². The third-order valence-corrected chi connectivity index (χ3v) is 2.85. The summed E-state index contributed by atoms with van der Waals surface area (Å²) < 4.78 is 5.01. The van der Waals surface area contributed by atoms with Crippen molar-refractivity contribution in [3.63, 3.8) is 0 Å². The minimum atomic E-state index is -0.563. The molecule has 1 heterocycles. The summed E-state index contributed by atoms with van der Waals surface area (Å²) >= 11 is 0. The van der Waals surface area contributed by atoms with Gasteiger partial charge in [-0.1, -0.05) is 5.16 Å². The Labute approximate surface area is 115 Å². The maximum absolute atomic E-state index is 11.1. The summed E-state index contributed by atoms with van der Waals surface area (Å²) in [5.74, 6) is -0.0474. The highest BCUT2D eigenvalue weighted by molar-refractivity contribution is 5.97. The van der Waals surface area contributed by atoms with Crippen LogP contribution >= 0.6 is 0 Å². The van der Waals surface area contributed by atoms with Gasteiger partial charge in [-0.25, -0.2) is 4.98 Å². The van der Waals surface area contributed by atoms with Crippen molar-refractivity contribution in [1.29, 1.82) is 0 Å². The highest BCUT2D eigenvalue weighted by atomic mass is 16.6. The number of rotatable bonds is 6. The lowest BCUT2D eigenvalue weighted by Crippen LogP contribution is -2.33. The first-order chi connectivity index (χ1) is 9.42. The number of methoxy groups -OCH3 is 1. The summed E-state index contributed by atoms with van der Waals surface area (Å²) in [5, 5.41) is 22.5. The first-order valence-electron chi connectivity index (χ1n) is 5.76. The maximum atomic E-state index is 11.1. The molecule has 0 aliphatic carbocycles. The van der Waals surface area contributed by atoms with Crippen molar-refractivity contribution in [3.05, 3.63) is 27.9 Å². The van der Waals surface area contributed by atoms with E-state index in [0.717, 1.165) is 0 Å². The number of likely N-dealkylation sites (N-methyl/N-ethyl adjacent to an activating group) is 1. The van der Waals surface area contributed by atoms with Crippen LogP contribution in [-0.2, 0) is 4.74 Å². The highest BCUT2D eigenvalue weighted by Crippen LogP contribution is 2.27. The van der Waals surface area contributed by atoms with E-state index in [4.69, 9.17) is 15.7 Å². The van der Waals surface area contributed by atoms with E-state index < -0.39 is 4.92 Å². The van der Waals surface area contributed by atoms with Gasteiger partial charge in [0.25, 0.3) is 0 Å². The minimum Gasteiger partial charge on any atom is -0.409 e. The number of aromatic nitrogens is 1. The lowest BCUT2D eigenvalue weighted by Gasteiger charge is -2.24. The highest BCUT2D eigenvalue weighted by Gasteiger charge is 2.23. The fourth-order valence-electron chi connectivity index (χ4n) is 1.61. The fourth-order valence-corrected chi connectivity index (χ4v) is 1.61. The van der Waals surface area contributed by atoms with E-state index in [1.54, 1.807) is 19.1 Å². The number of anilines is 1. The first-order valence-corrected chi connectivity index (χ1v) is 5.76. The zero-order chi connectivity index (χ0) is 15.3. The molecule has 0 radical (unpaired) electrons. The van der Waals surface area contributed by atoms with Crippen LogP contribution in [0.2, 0.25) is 0 Å². The van der Waals surface area contributed by atoms with E-state index in [9.17, 15) is 10.1 Å². The molecule has 0 aliphatic heterocycles. The number of nitrogens with two attached hydrogens (primary N) is 1. The molecule has 1 rings (SSSR count). The summed E-state index contributed by atoms with van der Waals surface area (Å²) in [7, 11) is 3.23. The number of ether oxygens (including phenoxy) is 1. The van der Waals surface area contributed by atoms with Gasteiger partial charge in [-0.3, -0.25) is 10.1 Å². The van der Waals surface area contributed by atoms with Crippen LogP contribution in [0.1, 0.15) is 12.5 Å². The number of amidine groups is 1.